The maximum Gasteiger partial charge on any atom is 0.236 e. The average Bonchev–Trinajstić information content (AvgIpc) is 3.14. The highest BCUT2D eigenvalue weighted by molar-refractivity contribution is 7.92. The molecular weight excluding hydrogens is 310 g/mol. The van der Waals surface area contributed by atoms with Gasteiger partial charge in [0.05, 0.1) is 24.5 Å². The second-order valence-electron chi connectivity index (χ2n) is 6.04. The molecule has 5 nitrogen and oxygen atoms in total. The van der Waals surface area contributed by atoms with Crippen molar-refractivity contribution in [1.82, 2.24) is 14.1 Å². The van der Waals surface area contributed by atoms with E-state index in [9.17, 15) is 8.42 Å². The number of hydrogen-bond donors (Lipinski definition) is 0. The van der Waals surface area contributed by atoms with Crippen molar-refractivity contribution in [1.29, 1.82) is 0 Å². The summed E-state index contributed by atoms with van der Waals surface area (Å²) in [6.45, 7) is 1.56. The molecule has 0 amide bonds. The highest BCUT2D eigenvalue weighted by atomic mass is 32.2. The molecule has 0 fully saturated rings. The summed E-state index contributed by atoms with van der Waals surface area (Å²) in [5, 5.41) is 5.93. The van der Waals surface area contributed by atoms with Gasteiger partial charge in [-0.3, -0.25) is 4.68 Å². The quantitative estimate of drug-likeness (QED) is 0.867. The van der Waals surface area contributed by atoms with Crippen molar-refractivity contribution in [3.05, 3.63) is 58.3 Å². The van der Waals surface area contributed by atoms with E-state index in [0.29, 0.717) is 19.6 Å². The van der Waals surface area contributed by atoms with Crippen LogP contribution in [0.4, 0.5) is 0 Å². The van der Waals surface area contributed by atoms with Crippen molar-refractivity contribution < 1.29 is 8.42 Å². The molecule has 0 atom stereocenters. The van der Waals surface area contributed by atoms with Gasteiger partial charge in [-0.2, -0.15) is 9.40 Å². The fourth-order valence-corrected chi connectivity index (χ4v) is 4.50. The molecule has 0 N–H and O–H groups in total. The molecular formula is C17H19N3O2S. The predicted molar refractivity (Wildman–Crippen MR) is 89.1 cm³/mol. The third-order valence-corrected chi connectivity index (χ3v) is 6.08. The Morgan fingerprint density at radius 1 is 1.09 bits per heavy atom. The molecule has 0 saturated heterocycles. The van der Waals surface area contributed by atoms with Crippen LogP contribution in [-0.4, -0.2) is 29.0 Å². The van der Waals surface area contributed by atoms with Gasteiger partial charge in [0.25, 0.3) is 0 Å². The SMILES string of the molecule is O=S(=O)(C=Cc1ccccc1)N1CCn2nc3c(c2C1)CCC3. The molecule has 1 aliphatic carbocycles. The van der Waals surface area contributed by atoms with Crippen molar-refractivity contribution in [2.45, 2.75) is 32.4 Å². The Bertz CT molecular complexity index is 853. The van der Waals surface area contributed by atoms with E-state index < -0.39 is 10.0 Å². The molecule has 4 rings (SSSR count). The minimum Gasteiger partial charge on any atom is -0.266 e. The van der Waals surface area contributed by atoms with E-state index in [1.54, 1.807) is 10.4 Å². The van der Waals surface area contributed by atoms with Crippen LogP contribution in [-0.2, 0) is 36.0 Å². The molecule has 23 heavy (non-hydrogen) atoms. The first-order valence-corrected chi connectivity index (χ1v) is 9.44. The third-order valence-electron chi connectivity index (χ3n) is 4.57. The normalized spacial score (nSPS) is 18.3. The molecule has 120 valence electrons. The van der Waals surface area contributed by atoms with Gasteiger partial charge in [0.15, 0.2) is 0 Å². The Kier molecular flexibility index (Phi) is 3.58. The van der Waals surface area contributed by atoms with Gasteiger partial charge >= 0.3 is 0 Å². The molecule has 0 radical (unpaired) electrons. The summed E-state index contributed by atoms with van der Waals surface area (Å²) in [7, 11) is -3.41. The first-order valence-electron chi connectivity index (χ1n) is 7.94. The molecule has 1 aliphatic heterocycles. The fraction of sp³-hybridized carbons (Fsp3) is 0.353. The summed E-state index contributed by atoms with van der Waals surface area (Å²) in [6, 6.07) is 9.50. The smallest absolute Gasteiger partial charge is 0.236 e. The molecule has 0 spiro atoms. The van der Waals surface area contributed by atoms with E-state index in [2.05, 4.69) is 5.10 Å². The van der Waals surface area contributed by atoms with Gasteiger partial charge in [-0.1, -0.05) is 30.3 Å². The van der Waals surface area contributed by atoms with Crippen molar-refractivity contribution in [2.75, 3.05) is 6.54 Å². The summed E-state index contributed by atoms with van der Waals surface area (Å²) in [5.74, 6) is 0. The number of rotatable bonds is 3. The van der Waals surface area contributed by atoms with Crippen molar-refractivity contribution in [2.24, 2.45) is 0 Å². The van der Waals surface area contributed by atoms with Crippen LogP contribution in [0.15, 0.2) is 35.7 Å². The zero-order valence-electron chi connectivity index (χ0n) is 12.9. The van der Waals surface area contributed by atoms with Crippen LogP contribution in [0.1, 0.15) is 28.9 Å². The topological polar surface area (TPSA) is 55.2 Å². The van der Waals surface area contributed by atoms with E-state index >= 15 is 0 Å². The Balaban J connectivity index is 1.57. The van der Waals surface area contributed by atoms with Crippen molar-refractivity contribution in [3.63, 3.8) is 0 Å². The van der Waals surface area contributed by atoms with Crippen LogP contribution >= 0.6 is 0 Å². The molecule has 6 heteroatoms. The van der Waals surface area contributed by atoms with E-state index in [-0.39, 0.29) is 0 Å². The van der Waals surface area contributed by atoms with Gasteiger partial charge in [-0.15, -0.1) is 0 Å². The maximum absolute atomic E-state index is 12.6. The van der Waals surface area contributed by atoms with Gasteiger partial charge in [-0.25, -0.2) is 8.42 Å². The maximum atomic E-state index is 12.6. The molecule has 1 aromatic carbocycles. The predicted octanol–water partition coefficient (Wildman–Crippen LogP) is 2.19. The number of nitrogens with zero attached hydrogens (tertiary/aromatic N) is 3. The van der Waals surface area contributed by atoms with Crippen LogP contribution in [0.5, 0.6) is 0 Å². The highest BCUT2D eigenvalue weighted by Gasteiger charge is 2.30. The zero-order valence-corrected chi connectivity index (χ0v) is 13.7. The summed E-state index contributed by atoms with van der Waals surface area (Å²) in [6.07, 6.45) is 4.84. The van der Waals surface area contributed by atoms with E-state index in [0.717, 1.165) is 30.5 Å². The average molecular weight is 329 g/mol. The highest BCUT2D eigenvalue weighted by Crippen LogP contribution is 2.28. The van der Waals surface area contributed by atoms with Gasteiger partial charge < -0.3 is 0 Å². The standard InChI is InChI=1S/C17H19N3O2S/c21-23(22,12-9-14-5-2-1-3-6-14)19-10-11-20-17(13-19)15-7-4-8-16(15)18-20/h1-3,5-6,9,12H,4,7-8,10-11,13H2. The summed E-state index contributed by atoms with van der Waals surface area (Å²) >= 11 is 0. The van der Waals surface area contributed by atoms with E-state index in [4.69, 9.17) is 0 Å². The third kappa shape index (κ3) is 2.72. The number of sulfonamides is 1. The Hall–Kier alpha value is -1.92. The number of benzene rings is 1. The van der Waals surface area contributed by atoms with Gasteiger partial charge in [0.2, 0.25) is 10.0 Å². The van der Waals surface area contributed by atoms with Crippen molar-refractivity contribution in [3.8, 4) is 0 Å². The summed E-state index contributed by atoms with van der Waals surface area (Å²) in [4.78, 5) is 0. The minimum absolute atomic E-state index is 0.434. The second kappa shape index (κ2) is 5.62. The van der Waals surface area contributed by atoms with E-state index in [1.807, 2.05) is 35.0 Å². The van der Waals surface area contributed by atoms with Crippen LogP contribution in [0, 0.1) is 0 Å². The molecule has 0 unspecified atom stereocenters. The first kappa shape index (κ1) is 14.7. The van der Waals surface area contributed by atoms with Crippen molar-refractivity contribution >= 4 is 16.1 Å². The van der Waals surface area contributed by atoms with Gasteiger partial charge in [0, 0.05) is 12.0 Å². The molecule has 0 saturated carbocycles. The number of aryl methyl sites for hydroxylation is 1. The monoisotopic (exact) mass is 329 g/mol. The zero-order chi connectivity index (χ0) is 15.9. The first-order chi connectivity index (χ1) is 11.1. The Labute approximate surface area is 136 Å². The minimum atomic E-state index is -3.41. The van der Waals surface area contributed by atoms with Crippen LogP contribution in [0.3, 0.4) is 0 Å². The lowest BCUT2D eigenvalue weighted by molar-refractivity contribution is 0.327. The molecule has 2 aliphatic rings. The van der Waals surface area contributed by atoms with Crippen LogP contribution in [0.2, 0.25) is 0 Å². The molecule has 2 aromatic rings. The molecule has 0 bridgehead atoms. The van der Waals surface area contributed by atoms with E-state index in [1.165, 1.54) is 16.7 Å². The van der Waals surface area contributed by atoms with Crippen LogP contribution < -0.4 is 0 Å². The lowest BCUT2D eigenvalue weighted by Crippen LogP contribution is -2.37. The lowest BCUT2D eigenvalue weighted by Gasteiger charge is -2.26. The summed E-state index contributed by atoms with van der Waals surface area (Å²) < 4.78 is 28.8. The second-order valence-corrected chi connectivity index (χ2v) is 7.86. The Morgan fingerprint density at radius 2 is 1.91 bits per heavy atom. The number of aromatic nitrogens is 2. The summed E-state index contributed by atoms with van der Waals surface area (Å²) in [5.41, 5.74) is 4.41. The number of fused-ring (bicyclic) bond motifs is 3. The Morgan fingerprint density at radius 3 is 2.74 bits per heavy atom. The molecule has 2 heterocycles. The molecule has 1 aromatic heterocycles. The lowest BCUT2D eigenvalue weighted by atomic mass is 10.2. The largest absolute Gasteiger partial charge is 0.266 e. The fourth-order valence-electron chi connectivity index (χ4n) is 3.36. The number of hydrogen-bond acceptors (Lipinski definition) is 3. The van der Waals surface area contributed by atoms with Gasteiger partial charge in [-0.05, 0) is 36.5 Å². The van der Waals surface area contributed by atoms with Gasteiger partial charge in [0.1, 0.15) is 0 Å². The van der Waals surface area contributed by atoms with Crippen LogP contribution in [0.25, 0.3) is 6.08 Å².